The summed E-state index contributed by atoms with van der Waals surface area (Å²) in [7, 11) is 0. The minimum absolute atomic E-state index is 0.0751. The average molecular weight is 520 g/mol. The first-order chi connectivity index (χ1) is 18.9. The molecule has 0 radical (unpaired) electrons. The van der Waals surface area contributed by atoms with E-state index in [0.29, 0.717) is 40.0 Å². The topological polar surface area (TPSA) is 77.6 Å². The molecule has 196 valence electrons. The van der Waals surface area contributed by atoms with Crippen molar-refractivity contribution in [3.8, 4) is 22.6 Å². The van der Waals surface area contributed by atoms with Gasteiger partial charge in [0, 0.05) is 29.6 Å². The van der Waals surface area contributed by atoms with Crippen LogP contribution in [0.5, 0.6) is 5.75 Å². The Labute approximate surface area is 226 Å². The van der Waals surface area contributed by atoms with Gasteiger partial charge in [-0.2, -0.15) is 5.10 Å². The predicted molar refractivity (Wildman–Crippen MR) is 152 cm³/mol. The minimum atomic E-state index is -0.124. The fraction of sp³-hybridized carbons (Fsp3) is 0.219. The van der Waals surface area contributed by atoms with E-state index in [2.05, 4.69) is 11.2 Å². The van der Waals surface area contributed by atoms with Crippen LogP contribution in [0.4, 0.5) is 5.69 Å². The molecule has 7 heteroatoms. The van der Waals surface area contributed by atoms with Crippen LogP contribution in [0.1, 0.15) is 30.7 Å². The molecular weight excluding hydrogens is 490 g/mol. The Kier molecular flexibility index (Phi) is 6.27. The number of aryl methyl sites for hydroxylation is 2. The summed E-state index contributed by atoms with van der Waals surface area (Å²) < 4.78 is 13.9. The third-order valence-electron chi connectivity index (χ3n) is 7.35. The Morgan fingerprint density at radius 3 is 2.67 bits per heavy atom. The first-order valence-electron chi connectivity index (χ1n) is 13.2. The van der Waals surface area contributed by atoms with Crippen molar-refractivity contribution in [1.29, 1.82) is 0 Å². The molecule has 39 heavy (non-hydrogen) atoms. The lowest BCUT2D eigenvalue weighted by Gasteiger charge is -2.23. The fourth-order valence-electron chi connectivity index (χ4n) is 5.45. The van der Waals surface area contributed by atoms with Crippen molar-refractivity contribution >= 4 is 22.6 Å². The average Bonchev–Trinajstić information content (AvgIpc) is 3.56. The van der Waals surface area contributed by atoms with Crippen molar-refractivity contribution in [3.63, 3.8) is 0 Å². The number of rotatable bonds is 6. The van der Waals surface area contributed by atoms with E-state index in [1.165, 1.54) is 5.56 Å². The monoisotopic (exact) mass is 519 g/mol. The second-order valence-corrected chi connectivity index (χ2v) is 9.92. The van der Waals surface area contributed by atoms with Gasteiger partial charge < -0.3 is 14.1 Å². The van der Waals surface area contributed by atoms with Crippen LogP contribution in [-0.4, -0.2) is 28.3 Å². The van der Waals surface area contributed by atoms with Crippen LogP contribution in [0.3, 0.4) is 0 Å². The zero-order valence-corrected chi connectivity index (χ0v) is 22.2. The number of carbonyl (C=O) groups excluding carboxylic acids is 1. The van der Waals surface area contributed by atoms with Crippen molar-refractivity contribution in [3.05, 3.63) is 106 Å². The molecule has 0 unspecified atom stereocenters. The van der Waals surface area contributed by atoms with E-state index < -0.39 is 0 Å². The Morgan fingerprint density at radius 1 is 1.10 bits per heavy atom. The molecule has 7 nitrogen and oxygen atoms in total. The molecule has 2 aromatic heterocycles. The molecule has 0 spiro atoms. The third-order valence-corrected chi connectivity index (χ3v) is 7.35. The Morgan fingerprint density at radius 2 is 1.87 bits per heavy atom. The molecule has 0 saturated carbocycles. The highest BCUT2D eigenvalue weighted by Crippen LogP contribution is 2.33. The Hall–Kier alpha value is -4.65. The van der Waals surface area contributed by atoms with Crippen LogP contribution in [0.25, 0.3) is 27.8 Å². The molecule has 1 amide bonds. The Bertz CT molecular complexity index is 1750. The van der Waals surface area contributed by atoms with Crippen LogP contribution < -0.4 is 15.1 Å². The lowest BCUT2D eigenvalue weighted by Crippen LogP contribution is -2.39. The van der Waals surface area contributed by atoms with Gasteiger partial charge in [-0.25, -0.2) is 4.68 Å². The highest BCUT2D eigenvalue weighted by atomic mass is 16.5. The van der Waals surface area contributed by atoms with Gasteiger partial charge in [0.25, 0.3) is 5.91 Å². The standard InChI is InChI=1S/C32H29N3O4/c1-4-22-15-26-29(16-28(22)38-19-30(36)35-20(2)14-23-10-8-9-13-27(23)35)39-21(3)31(32(26)37)24-17-33-34(18-24)25-11-6-5-7-12-25/h5-13,15-18,20H,4,14,19H2,1-3H3/t20-/m1/s1. The Balaban J connectivity index is 1.30. The van der Waals surface area contributed by atoms with Gasteiger partial charge in [0.15, 0.2) is 6.61 Å². The quantitative estimate of drug-likeness (QED) is 0.280. The highest BCUT2D eigenvalue weighted by molar-refractivity contribution is 5.97. The molecule has 3 heterocycles. The number of hydrogen-bond acceptors (Lipinski definition) is 5. The first-order valence-corrected chi connectivity index (χ1v) is 13.2. The first kappa shape index (κ1) is 24.7. The summed E-state index contributed by atoms with van der Waals surface area (Å²) in [4.78, 5) is 28.7. The molecule has 0 bridgehead atoms. The minimum Gasteiger partial charge on any atom is -0.483 e. The number of para-hydroxylation sites is 2. The van der Waals surface area contributed by atoms with E-state index in [9.17, 15) is 9.59 Å². The van der Waals surface area contributed by atoms with Gasteiger partial charge in [0.2, 0.25) is 5.43 Å². The van der Waals surface area contributed by atoms with Gasteiger partial charge in [0.05, 0.1) is 22.8 Å². The normalized spacial score (nSPS) is 14.5. The van der Waals surface area contributed by atoms with Crippen molar-refractivity contribution < 1.29 is 13.9 Å². The maximum Gasteiger partial charge on any atom is 0.265 e. The van der Waals surface area contributed by atoms with Gasteiger partial charge in [-0.1, -0.05) is 43.3 Å². The number of aromatic nitrogens is 2. The number of nitrogens with zero attached hydrogens (tertiary/aromatic N) is 3. The number of benzene rings is 3. The molecule has 0 aliphatic carbocycles. The third kappa shape index (κ3) is 4.40. The summed E-state index contributed by atoms with van der Waals surface area (Å²) in [6.45, 7) is 5.72. The van der Waals surface area contributed by atoms with Crippen molar-refractivity contribution in [2.45, 2.75) is 39.7 Å². The molecule has 0 N–H and O–H groups in total. The van der Waals surface area contributed by atoms with Gasteiger partial charge in [-0.3, -0.25) is 9.59 Å². The molecule has 5 aromatic rings. The van der Waals surface area contributed by atoms with E-state index in [1.54, 1.807) is 23.9 Å². The zero-order chi connectivity index (χ0) is 27.1. The van der Waals surface area contributed by atoms with Gasteiger partial charge in [-0.05, 0) is 62.1 Å². The van der Waals surface area contributed by atoms with E-state index in [-0.39, 0.29) is 24.0 Å². The molecule has 6 rings (SSSR count). The summed E-state index contributed by atoms with van der Waals surface area (Å²) in [5.41, 5.74) is 5.33. The van der Waals surface area contributed by atoms with E-state index in [0.717, 1.165) is 23.4 Å². The molecule has 0 saturated heterocycles. The number of hydrogen-bond donors (Lipinski definition) is 0. The molecule has 0 fully saturated rings. The van der Waals surface area contributed by atoms with E-state index in [1.807, 2.05) is 79.5 Å². The fourth-order valence-corrected chi connectivity index (χ4v) is 5.45. The molecule has 1 aliphatic rings. The van der Waals surface area contributed by atoms with Crippen molar-refractivity contribution in [2.75, 3.05) is 11.5 Å². The van der Waals surface area contributed by atoms with Crippen LogP contribution in [0.2, 0.25) is 0 Å². The largest absolute Gasteiger partial charge is 0.483 e. The van der Waals surface area contributed by atoms with Crippen molar-refractivity contribution in [1.82, 2.24) is 9.78 Å². The molecular formula is C32H29N3O4. The number of carbonyl (C=O) groups is 1. The summed E-state index contributed by atoms with van der Waals surface area (Å²) in [5.74, 6) is 0.942. The SMILES string of the molecule is CCc1cc2c(=O)c(-c3cnn(-c4ccccc4)c3)c(C)oc2cc1OCC(=O)N1c2ccccc2C[C@H]1C. The van der Waals surface area contributed by atoms with Gasteiger partial charge in [-0.15, -0.1) is 0 Å². The van der Waals surface area contributed by atoms with Crippen LogP contribution in [0, 0.1) is 6.92 Å². The van der Waals surface area contributed by atoms with Crippen molar-refractivity contribution in [2.24, 2.45) is 0 Å². The highest BCUT2D eigenvalue weighted by Gasteiger charge is 2.31. The molecule has 1 aliphatic heterocycles. The maximum absolute atomic E-state index is 13.7. The predicted octanol–water partition coefficient (Wildman–Crippen LogP) is 5.87. The summed E-state index contributed by atoms with van der Waals surface area (Å²) >= 11 is 0. The zero-order valence-electron chi connectivity index (χ0n) is 22.2. The smallest absolute Gasteiger partial charge is 0.265 e. The molecule has 3 aromatic carbocycles. The summed E-state index contributed by atoms with van der Waals surface area (Å²) in [6.07, 6.45) is 4.98. The summed E-state index contributed by atoms with van der Waals surface area (Å²) in [5, 5.41) is 4.92. The number of ether oxygens (including phenoxy) is 1. The summed E-state index contributed by atoms with van der Waals surface area (Å²) in [6, 6.07) is 21.3. The number of anilines is 1. The molecule has 1 atom stereocenters. The lowest BCUT2D eigenvalue weighted by molar-refractivity contribution is -0.120. The van der Waals surface area contributed by atoms with Crippen LogP contribution in [0.15, 0.2) is 88.3 Å². The number of fused-ring (bicyclic) bond motifs is 2. The van der Waals surface area contributed by atoms with E-state index in [4.69, 9.17) is 9.15 Å². The van der Waals surface area contributed by atoms with Gasteiger partial charge >= 0.3 is 0 Å². The van der Waals surface area contributed by atoms with Gasteiger partial charge in [0.1, 0.15) is 17.1 Å². The maximum atomic E-state index is 13.7. The van der Waals surface area contributed by atoms with Crippen LogP contribution in [-0.2, 0) is 17.6 Å². The van der Waals surface area contributed by atoms with E-state index >= 15 is 0 Å². The van der Waals surface area contributed by atoms with Crippen LogP contribution >= 0.6 is 0 Å². The second-order valence-electron chi connectivity index (χ2n) is 9.92. The number of amides is 1. The lowest BCUT2D eigenvalue weighted by atomic mass is 10.0. The second kappa shape index (κ2) is 9.91.